The van der Waals surface area contributed by atoms with Gasteiger partial charge in [-0.05, 0) is 6.42 Å². The molecule has 0 aromatic rings. The van der Waals surface area contributed by atoms with E-state index in [4.69, 9.17) is 0 Å². The number of allylic oxidation sites excluding steroid dienone is 1. The first-order valence-corrected chi connectivity index (χ1v) is 3.60. The molecule has 0 amide bonds. The Morgan fingerprint density at radius 2 is 2.08 bits per heavy atom. The molecule has 0 saturated heterocycles. The Morgan fingerprint density at radius 1 is 1.42 bits per heavy atom. The zero-order chi connectivity index (χ0) is 9.40. The Balaban J connectivity index is 3.92. The van der Waals surface area contributed by atoms with E-state index < -0.39 is 11.9 Å². The van der Waals surface area contributed by atoms with Crippen molar-refractivity contribution in [3.05, 3.63) is 25.3 Å². The third-order valence-electron chi connectivity index (χ3n) is 1.23. The van der Waals surface area contributed by atoms with Gasteiger partial charge in [-0.3, -0.25) is 4.79 Å². The highest BCUT2D eigenvalue weighted by Crippen LogP contribution is 2.02. The summed E-state index contributed by atoms with van der Waals surface area (Å²) in [6, 6.07) is 0. The quantitative estimate of drug-likeness (QED) is 0.258. The van der Waals surface area contributed by atoms with Crippen molar-refractivity contribution in [2.75, 3.05) is 6.61 Å². The number of rotatable bonds is 6. The van der Waals surface area contributed by atoms with Gasteiger partial charge in [-0.15, -0.1) is 6.58 Å². The SMILES string of the molecule is C=CCOC(=O)C(C=O)CC=C. The number of hydrogen-bond donors (Lipinski definition) is 0. The molecule has 0 bridgehead atoms. The van der Waals surface area contributed by atoms with Gasteiger partial charge in [0.15, 0.2) is 0 Å². The Bertz CT molecular complexity index is 184. The Morgan fingerprint density at radius 3 is 2.50 bits per heavy atom. The minimum absolute atomic E-state index is 0.139. The van der Waals surface area contributed by atoms with Crippen molar-refractivity contribution in [1.29, 1.82) is 0 Å². The van der Waals surface area contributed by atoms with E-state index in [2.05, 4.69) is 17.9 Å². The van der Waals surface area contributed by atoms with Crippen molar-refractivity contribution in [2.24, 2.45) is 5.92 Å². The molecule has 12 heavy (non-hydrogen) atoms. The first-order valence-electron chi connectivity index (χ1n) is 3.60. The normalized spacial score (nSPS) is 11.3. The number of ether oxygens (including phenoxy) is 1. The van der Waals surface area contributed by atoms with Crippen LogP contribution < -0.4 is 0 Å². The zero-order valence-electron chi connectivity index (χ0n) is 6.86. The van der Waals surface area contributed by atoms with Gasteiger partial charge in [0.25, 0.3) is 0 Å². The van der Waals surface area contributed by atoms with Crippen LogP contribution in [0.25, 0.3) is 0 Å². The first-order chi connectivity index (χ1) is 5.76. The first kappa shape index (κ1) is 10.6. The Kier molecular flexibility index (Phi) is 5.61. The average molecular weight is 168 g/mol. The fourth-order valence-corrected chi connectivity index (χ4v) is 0.635. The van der Waals surface area contributed by atoms with E-state index in [-0.39, 0.29) is 6.61 Å². The average Bonchev–Trinajstić information content (AvgIpc) is 2.10. The van der Waals surface area contributed by atoms with Crippen molar-refractivity contribution < 1.29 is 14.3 Å². The van der Waals surface area contributed by atoms with E-state index in [0.717, 1.165) is 0 Å². The van der Waals surface area contributed by atoms with Crippen LogP contribution in [0.5, 0.6) is 0 Å². The summed E-state index contributed by atoms with van der Waals surface area (Å²) < 4.78 is 4.66. The van der Waals surface area contributed by atoms with Crippen LogP contribution in [-0.4, -0.2) is 18.9 Å². The van der Waals surface area contributed by atoms with E-state index >= 15 is 0 Å². The molecule has 0 aliphatic rings. The van der Waals surface area contributed by atoms with E-state index in [1.165, 1.54) is 12.2 Å². The van der Waals surface area contributed by atoms with Gasteiger partial charge in [-0.25, -0.2) is 0 Å². The summed E-state index contributed by atoms with van der Waals surface area (Å²) >= 11 is 0. The molecular formula is C9H12O3. The van der Waals surface area contributed by atoms with Crippen LogP contribution in [0.2, 0.25) is 0 Å². The minimum atomic E-state index is -0.720. The van der Waals surface area contributed by atoms with Gasteiger partial charge in [0.1, 0.15) is 18.8 Å². The maximum atomic E-state index is 11.0. The fourth-order valence-electron chi connectivity index (χ4n) is 0.635. The number of aldehydes is 1. The molecule has 0 saturated carbocycles. The van der Waals surface area contributed by atoms with Crippen molar-refractivity contribution in [3.8, 4) is 0 Å². The summed E-state index contributed by atoms with van der Waals surface area (Å²) in [6.07, 6.45) is 3.84. The number of esters is 1. The predicted molar refractivity (Wildman–Crippen MR) is 45.5 cm³/mol. The molecule has 0 radical (unpaired) electrons. The summed E-state index contributed by atoms with van der Waals surface area (Å²) in [5.41, 5.74) is 0. The number of carbonyl (C=O) groups is 2. The van der Waals surface area contributed by atoms with Crippen LogP contribution in [-0.2, 0) is 14.3 Å². The molecular weight excluding hydrogens is 156 g/mol. The summed E-state index contributed by atoms with van der Waals surface area (Å²) in [6.45, 7) is 6.94. The van der Waals surface area contributed by atoms with Crippen molar-refractivity contribution in [2.45, 2.75) is 6.42 Å². The summed E-state index contributed by atoms with van der Waals surface area (Å²) in [5.74, 6) is -1.24. The van der Waals surface area contributed by atoms with Crippen LogP contribution >= 0.6 is 0 Å². The molecule has 1 unspecified atom stereocenters. The zero-order valence-corrected chi connectivity index (χ0v) is 6.86. The standard InChI is InChI=1S/C9H12O3/c1-3-5-8(7-10)9(11)12-6-4-2/h3-4,7-8H,1-2,5-6H2. The lowest BCUT2D eigenvalue weighted by Gasteiger charge is -2.05. The third-order valence-corrected chi connectivity index (χ3v) is 1.23. The maximum absolute atomic E-state index is 11.0. The van der Waals surface area contributed by atoms with Gasteiger partial charge in [0, 0.05) is 0 Å². The molecule has 0 aliphatic heterocycles. The van der Waals surface area contributed by atoms with Gasteiger partial charge in [-0.2, -0.15) is 0 Å². The fraction of sp³-hybridized carbons (Fsp3) is 0.333. The molecule has 0 rings (SSSR count). The topological polar surface area (TPSA) is 43.4 Å². The summed E-state index contributed by atoms with van der Waals surface area (Å²) in [5, 5.41) is 0. The highest BCUT2D eigenvalue weighted by molar-refractivity contribution is 5.87. The third kappa shape index (κ3) is 3.71. The molecule has 0 spiro atoms. The monoisotopic (exact) mass is 168 g/mol. The van der Waals surface area contributed by atoms with Gasteiger partial charge in [-0.1, -0.05) is 18.7 Å². The second-order valence-electron chi connectivity index (χ2n) is 2.19. The Hall–Kier alpha value is -1.38. The Labute approximate surface area is 71.7 Å². The van der Waals surface area contributed by atoms with Crippen LogP contribution in [0.4, 0.5) is 0 Å². The van der Waals surface area contributed by atoms with Gasteiger partial charge in [0.2, 0.25) is 0 Å². The summed E-state index contributed by atoms with van der Waals surface area (Å²) in [4.78, 5) is 21.3. The predicted octanol–water partition coefficient (Wildman–Crippen LogP) is 1.11. The molecule has 0 heterocycles. The molecule has 0 aromatic heterocycles. The van der Waals surface area contributed by atoms with E-state index in [1.807, 2.05) is 0 Å². The van der Waals surface area contributed by atoms with Gasteiger partial charge < -0.3 is 9.53 Å². The van der Waals surface area contributed by atoms with Crippen molar-refractivity contribution in [3.63, 3.8) is 0 Å². The molecule has 0 fully saturated rings. The highest BCUT2D eigenvalue weighted by atomic mass is 16.5. The number of hydrogen-bond acceptors (Lipinski definition) is 3. The molecule has 1 atom stereocenters. The van der Waals surface area contributed by atoms with Gasteiger partial charge >= 0.3 is 5.97 Å². The lowest BCUT2D eigenvalue weighted by atomic mass is 10.1. The van der Waals surface area contributed by atoms with E-state index in [0.29, 0.717) is 12.7 Å². The maximum Gasteiger partial charge on any atom is 0.316 e. The van der Waals surface area contributed by atoms with E-state index in [9.17, 15) is 9.59 Å². The molecule has 3 heteroatoms. The van der Waals surface area contributed by atoms with Crippen LogP contribution in [0, 0.1) is 5.92 Å². The van der Waals surface area contributed by atoms with Crippen LogP contribution in [0.1, 0.15) is 6.42 Å². The second-order valence-corrected chi connectivity index (χ2v) is 2.19. The highest BCUT2D eigenvalue weighted by Gasteiger charge is 2.16. The molecule has 0 N–H and O–H groups in total. The van der Waals surface area contributed by atoms with Crippen LogP contribution in [0.15, 0.2) is 25.3 Å². The number of carbonyl (C=O) groups excluding carboxylic acids is 2. The van der Waals surface area contributed by atoms with Crippen molar-refractivity contribution >= 4 is 12.3 Å². The largest absolute Gasteiger partial charge is 0.461 e. The lowest BCUT2D eigenvalue weighted by molar-refractivity contribution is -0.148. The molecule has 0 aromatic carbocycles. The second kappa shape index (κ2) is 6.34. The van der Waals surface area contributed by atoms with E-state index in [1.54, 1.807) is 0 Å². The smallest absolute Gasteiger partial charge is 0.316 e. The lowest BCUT2D eigenvalue weighted by Crippen LogP contribution is -2.18. The summed E-state index contributed by atoms with van der Waals surface area (Å²) in [7, 11) is 0. The van der Waals surface area contributed by atoms with Crippen LogP contribution in [0.3, 0.4) is 0 Å². The molecule has 66 valence electrons. The minimum Gasteiger partial charge on any atom is -0.461 e. The molecule has 0 aliphatic carbocycles. The van der Waals surface area contributed by atoms with Gasteiger partial charge in [0.05, 0.1) is 0 Å². The van der Waals surface area contributed by atoms with Crippen molar-refractivity contribution in [1.82, 2.24) is 0 Å². The molecule has 3 nitrogen and oxygen atoms in total.